The standard InChI is InChI=1S/C18H24N2O/c1-18(2,3)12-17(21)19-16-11-13-7-4-5-10-15(13)20(16)14-8-6-9-14/h4-5,7,10-11,14H,6,8-9,12H2,1-3H3,(H,19,21). The smallest absolute Gasteiger partial charge is 0.226 e. The molecule has 0 unspecified atom stereocenters. The van der Waals surface area contributed by atoms with Gasteiger partial charge in [0.25, 0.3) is 0 Å². The van der Waals surface area contributed by atoms with Crippen molar-refractivity contribution in [2.24, 2.45) is 5.41 Å². The van der Waals surface area contributed by atoms with Crippen LogP contribution in [0.15, 0.2) is 30.3 Å². The van der Waals surface area contributed by atoms with Gasteiger partial charge in [-0.05, 0) is 36.8 Å². The molecule has 0 aliphatic heterocycles. The maximum Gasteiger partial charge on any atom is 0.226 e. The van der Waals surface area contributed by atoms with E-state index in [1.807, 2.05) is 6.07 Å². The molecule has 21 heavy (non-hydrogen) atoms. The minimum absolute atomic E-state index is 0.0113. The monoisotopic (exact) mass is 284 g/mol. The highest BCUT2D eigenvalue weighted by Crippen LogP contribution is 2.38. The predicted molar refractivity (Wildman–Crippen MR) is 87.5 cm³/mol. The van der Waals surface area contributed by atoms with Crippen LogP contribution in [-0.4, -0.2) is 10.5 Å². The molecule has 0 atom stereocenters. The van der Waals surface area contributed by atoms with Crippen molar-refractivity contribution in [3.8, 4) is 0 Å². The Morgan fingerprint density at radius 1 is 1.29 bits per heavy atom. The Balaban J connectivity index is 1.92. The number of hydrogen-bond donors (Lipinski definition) is 1. The van der Waals surface area contributed by atoms with E-state index in [1.54, 1.807) is 0 Å². The van der Waals surface area contributed by atoms with E-state index < -0.39 is 0 Å². The number of nitrogens with zero attached hydrogens (tertiary/aromatic N) is 1. The third-order valence-electron chi connectivity index (χ3n) is 4.15. The summed E-state index contributed by atoms with van der Waals surface area (Å²) >= 11 is 0. The van der Waals surface area contributed by atoms with E-state index in [4.69, 9.17) is 0 Å². The molecule has 1 aliphatic carbocycles. The fourth-order valence-corrected chi connectivity index (χ4v) is 2.98. The Hall–Kier alpha value is -1.77. The number of carbonyl (C=O) groups excluding carboxylic acids is 1. The number of amides is 1. The Kier molecular flexibility index (Phi) is 3.52. The van der Waals surface area contributed by atoms with Crippen molar-refractivity contribution in [2.75, 3.05) is 5.32 Å². The van der Waals surface area contributed by atoms with E-state index in [-0.39, 0.29) is 11.3 Å². The van der Waals surface area contributed by atoms with Gasteiger partial charge in [0.1, 0.15) is 5.82 Å². The van der Waals surface area contributed by atoms with Gasteiger partial charge < -0.3 is 9.88 Å². The first-order chi connectivity index (χ1) is 9.94. The van der Waals surface area contributed by atoms with Crippen molar-refractivity contribution >= 4 is 22.6 Å². The fraction of sp³-hybridized carbons (Fsp3) is 0.500. The Labute approximate surface area is 126 Å². The van der Waals surface area contributed by atoms with Gasteiger partial charge in [0.05, 0.1) is 0 Å². The van der Waals surface area contributed by atoms with Gasteiger partial charge in [-0.3, -0.25) is 4.79 Å². The van der Waals surface area contributed by atoms with Crippen molar-refractivity contribution in [3.05, 3.63) is 30.3 Å². The van der Waals surface area contributed by atoms with Crippen LogP contribution >= 0.6 is 0 Å². The lowest BCUT2D eigenvalue weighted by molar-refractivity contribution is -0.117. The topological polar surface area (TPSA) is 34.0 Å². The molecule has 112 valence electrons. The molecule has 3 rings (SSSR count). The molecule has 0 bridgehead atoms. The van der Waals surface area contributed by atoms with E-state index in [1.165, 1.54) is 30.2 Å². The van der Waals surface area contributed by atoms with Crippen LogP contribution in [0.25, 0.3) is 10.9 Å². The molecule has 1 heterocycles. The highest BCUT2D eigenvalue weighted by atomic mass is 16.1. The molecule has 1 amide bonds. The molecule has 1 aromatic heterocycles. The normalized spacial score (nSPS) is 16.0. The highest BCUT2D eigenvalue weighted by molar-refractivity contribution is 5.95. The summed E-state index contributed by atoms with van der Waals surface area (Å²) in [5.41, 5.74) is 1.24. The molecule has 0 radical (unpaired) electrons. The van der Waals surface area contributed by atoms with Crippen molar-refractivity contribution in [1.29, 1.82) is 0 Å². The number of fused-ring (bicyclic) bond motifs is 1. The van der Waals surface area contributed by atoms with Crippen LogP contribution in [0.2, 0.25) is 0 Å². The van der Waals surface area contributed by atoms with Crippen LogP contribution in [0.3, 0.4) is 0 Å². The second-order valence-corrected chi connectivity index (χ2v) is 7.33. The van der Waals surface area contributed by atoms with Crippen molar-refractivity contribution in [2.45, 2.75) is 52.5 Å². The summed E-state index contributed by atoms with van der Waals surface area (Å²) < 4.78 is 2.32. The molecule has 1 fully saturated rings. The fourth-order valence-electron chi connectivity index (χ4n) is 2.98. The summed E-state index contributed by atoms with van der Waals surface area (Å²) in [6, 6.07) is 11.0. The van der Waals surface area contributed by atoms with Crippen LogP contribution in [-0.2, 0) is 4.79 Å². The van der Waals surface area contributed by atoms with Gasteiger partial charge in [-0.25, -0.2) is 0 Å². The van der Waals surface area contributed by atoms with Gasteiger partial charge in [-0.2, -0.15) is 0 Å². The zero-order valence-corrected chi connectivity index (χ0v) is 13.1. The molecule has 1 aromatic carbocycles. The van der Waals surface area contributed by atoms with E-state index in [2.05, 4.69) is 54.9 Å². The summed E-state index contributed by atoms with van der Waals surface area (Å²) in [4.78, 5) is 12.3. The minimum atomic E-state index is 0.0113. The predicted octanol–water partition coefficient (Wildman–Crippen LogP) is 4.74. The zero-order valence-electron chi connectivity index (χ0n) is 13.1. The summed E-state index contributed by atoms with van der Waals surface area (Å²) in [5.74, 6) is 1.06. The van der Waals surface area contributed by atoms with Crippen LogP contribution < -0.4 is 5.32 Å². The average molecular weight is 284 g/mol. The van der Waals surface area contributed by atoms with Gasteiger partial charge >= 0.3 is 0 Å². The van der Waals surface area contributed by atoms with E-state index in [9.17, 15) is 4.79 Å². The van der Waals surface area contributed by atoms with Gasteiger partial charge in [0.15, 0.2) is 0 Å². The lowest BCUT2D eigenvalue weighted by Crippen LogP contribution is -2.24. The molecule has 2 aromatic rings. The summed E-state index contributed by atoms with van der Waals surface area (Å²) in [6.07, 6.45) is 4.24. The highest BCUT2D eigenvalue weighted by Gasteiger charge is 2.25. The van der Waals surface area contributed by atoms with E-state index >= 15 is 0 Å². The van der Waals surface area contributed by atoms with Crippen LogP contribution in [0.5, 0.6) is 0 Å². The summed E-state index contributed by atoms with van der Waals surface area (Å²) in [5, 5.41) is 4.33. The third-order valence-corrected chi connectivity index (χ3v) is 4.15. The second kappa shape index (κ2) is 5.21. The lowest BCUT2D eigenvalue weighted by Gasteiger charge is -2.30. The number of rotatable bonds is 3. The first kappa shape index (κ1) is 14.2. The number of hydrogen-bond acceptors (Lipinski definition) is 1. The summed E-state index contributed by atoms with van der Waals surface area (Å²) in [7, 11) is 0. The Morgan fingerprint density at radius 2 is 2.00 bits per heavy atom. The largest absolute Gasteiger partial charge is 0.324 e. The first-order valence-electron chi connectivity index (χ1n) is 7.84. The van der Waals surface area contributed by atoms with Crippen molar-refractivity contribution in [3.63, 3.8) is 0 Å². The SMILES string of the molecule is CC(C)(C)CC(=O)Nc1cc2ccccc2n1C1CCC1. The second-order valence-electron chi connectivity index (χ2n) is 7.33. The number of anilines is 1. The molecule has 1 saturated carbocycles. The maximum atomic E-state index is 12.3. The van der Waals surface area contributed by atoms with E-state index in [0.717, 1.165) is 5.82 Å². The Morgan fingerprint density at radius 3 is 2.62 bits per heavy atom. The third kappa shape index (κ3) is 2.97. The molecule has 1 N–H and O–H groups in total. The molecule has 3 nitrogen and oxygen atoms in total. The minimum Gasteiger partial charge on any atom is -0.324 e. The molecular formula is C18H24N2O. The van der Waals surface area contributed by atoms with Crippen molar-refractivity contribution < 1.29 is 4.79 Å². The van der Waals surface area contributed by atoms with E-state index in [0.29, 0.717) is 12.5 Å². The number of benzene rings is 1. The molecule has 1 aliphatic rings. The number of carbonyl (C=O) groups is 1. The van der Waals surface area contributed by atoms with Crippen LogP contribution in [0, 0.1) is 5.41 Å². The van der Waals surface area contributed by atoms with Crippen LogP contribution in [0.4, 0.5) is 5.82 Å². The van der Waals surface area contributed by atoms with Crippen molar-refractivity contribution in [1.82, 2.24) is 4.57 Å². The van der Waals surface area contributed by atoms with Gasteiger partial charge in [0.2, 0.25) is 5.91 Å². The average Bonchev–Trinajstić information content (AvgIpc) is 2.63. The number of aromatic nitrogens is 1. The molecule has 0 spiro atoms. The molecule has 0 saturated heterocycles. The zero-order chi connectivity index (χ0) is 15.0. The lowest BCUT2D eigenvalue weighted by atomic mass is 9.92. The number of nitrogens with one attached hydrogen (secondary N) is 1. The van der Waals surface area contributed by atoms with Gasteiger partial charge in [0, 0.05) is 23.4 Å². The quantitative estimate of drug-likeness (QED) is 0.867. The summed E-state index contributed by atoms with van der Waals surface area (Å²) in [6.45, 7) is 6.27. The molecular weight excluding hydrogens is 260 g/mol. The number of para-hydroxylation sites is 1. The first-order valence-corrected chi connectivity index (χ1v) is 7.84. The molecule has 3 heteroatoms. The maximum absolute atomic E-state index is 12.3. The van der Waals surface area contributed by atoms with Crippen LogP contribution in [0.1, 0.15) is 52.5 Å². The van der Waals surface area contributed by atoms with Gasteiger partial charge in [-0.1, -0.05) is 39.0 Å². The van der Waals surface area contributed by atoms with Gasteiger partial charge in [-0.15, -0.1) is 0 Å². The Bertz CT molecular complexity index is 659.